The minimum absolute atomic E-state index is 0.987. The van der Waals surface area contributed by atoms with Crippen molar-refractivity contribution in [2.75, 3.05) is 19.6 Å². The quantitative estimate of drug-likeness (QED) is 0.701. The van der Waals surface area contributed by atoms with Crippen molar-refractivity contribution in [1.82, 2.24) is 4.90 Å². The lowest BCUT2D eigenvalue weighted by Crippen LogP contribution is -2.36. The Morgan fingerprint density at radius 3 is 2.41 bits per heavy atom. The summed E-state index contributed by atoms with van der Waals surface area (Å²) in [6.07, 6.45) is 11.4. The molecule has 1 nitrogen and oxygen atoms in total. The Morgan fingerprint density at radius 1 is 0.955 bits per heavy atom. The Bertz CT molecular complexity index is 419. The molecule has 0 spiro atoms. The topological polar surface area (TPSA) is 3.24 Å². The molecular weight excluding hydrogens is 266 g/mol. The first kappa shape index (κ1) is 16.1. The van der Waals surface area contributed by atoms with E-state index < -0.39 is 0 Å². The predicted molar refractivity (Wildman–Crippen MR) is 95.0 cm³/mol. The third kappa shape index (κ3) is 4.84. The van der Waals surface area contributed by atoms with Gasteiger partial charge in [-0.2, -0.15) is 0 Å². The minimum Gasteiger partial charge on any atom is -0.303 e. The van der Waals surface area contributed by atoms with Crippen LogP contribution in [0, 0.1) is 17.8 Å². The van der Waals surface area contributed by atoms with Gasteiger partial charge in [-0.05, 0) is 74.9 Å². The number of rotatable bonds is 6. The molecule has 0 aromatic heterocycles. The fraction of sp³-hybridized carbons (Fsp3) is 0.714. The normalized spacial score (nSPS) is 27.3. The Morgan fingerprint density at radius 2 is 1.73 bits per heavy atom. The molecular formula is C21H33N. The molecule has 0 amide bonds. The zero-order chi connectivity index (χ0) is 15.2. The third-order valence-corrected chi connectivity index (χ3v) is 5.95. The van der Waals surface area contributed by atoms with Gasteiger partial charge in [0.25, 0.3) is 0 Å². The van der Waals surface area contributed by atoms with Crippen molar-refractivity contribution < 1.29 is 0 Å². The summed E-state index contributed by atoms with van der Waals surface area (Å²) in [5.41, 5.74) is 1.51. The molecule has 1 aliphatic carbocycles. The first-order valence-electron chi connectivity index (χ1n) is 9.56. The molecule has 1 saturated heterocycles. The highest BCUT2D eigenvalue weighted by Gasteiger charge is 2.25. The second-order valence-corrected chi connectivity index (χ2v) is 7.91. The van der Waals surface area contributed by atoms with Gasteiger partial charge in [0.05, 0.1) is 0 Å². The lowest BCUT2D eigenvalue weighted by Gasteiger charge is -2.33. The van der Waals surface area contributed by atoms with Crippen LogP contribution in [0.5, 0.6) is 0 Å². The summed E-state index contributed by atoms with van der Waals surface area (Å²) in [5.74, 6) is 2.98. The fourth-order valence-electron chi connectivity index (χ4n) is 4.55. The second kappa shape index (κ2) is 8.15. The number of aryl methyl sites for hydroxylation is 1. The van der Waals surface area contributed by atoms with E-state index >= 15 is 0 Å². The molecule has 2 fully saturated rings. The van der Waals surface area contributed by atoms with Crippen molar-refractivity contribution in [1.29, 1.82) is 0 Å². The van der Waals surface area contributed by atoms with E-state index in [4.69, 9.17) is 0 Å². The molecule has 0 radical (unpaired) electrons. The first-order chi connectivity index (χ1) is 10.8. The van der Waals surface area contributed by atoms with Crippen LogP contribution in [0.2, 0.25) is 0 Å². The lowest BCUT2D eigenvalue weighted by molar-refractivity contribution is 0.155. The van der Waals surface area contributed by atoms with Crippen LogP contribution < -0.4 is 0 Å². The highest BCUT2D eigenvalue weighted by molar-refractivity contribution is 5.14. The average Bonchev–Trinajstić information content (AvgIpc) is 2.95. The number of hydrogen-bond acceptors (Lipinski definition) is 1. The Kier molecular flexibility index (Phi) is 5.95. The van der Waals surface area contributed by atoms with Crippen molar-refractivity contribution in [3.8, 4) is 0 Å². The average molecular weight is 300 g/mol. The van der Waals surface area contributed by atoms with E-state index in [1.807, 2.05) is 0 Å². The maximum absolute atomic E-state index is 2.76. The van der Waals surface area contributed by atoms with E-state index in [0.29, 0.717) is 0 Å². The summed E-state index contributed by atoms with van der Waals surface area (Å²) in [7, 11) is 0. The maximum Gasteiger partial charge on any atom is 0.000976 e. The molecule has 2 atom stereocenters. The van der Waals surface area contributed by atoms with Crippen molar-refractivity contribution in [3.63, 3.8) is 0 Å². The van der Waals surface area contributed by atoms with E-state index in [1.54, 1.807) is 0 Å². The molecule has 22 heavy (non-hydrogen) atoms. The van der Waals surface area contributed by atoms with Crippen molar-refractivity contribution >= 4 is 0 Å². The zero-order valence-electron chi connectivity index (χ0n) is 14.3. The van der Waals surface area contributed by atoms with E-state index in [0.717, 1.165) is 17.8 Å². The molecule has 1 aliphatic heterocycles. The number of piperidine rings is 1. The van der Waals surface area contributed by atoms with Gasteiger partial charge in [-0.25, -0.2) is 0 Å². The zero-order valence-corrected chi connectivity index (χ0v) is 14.3. The Balaban J connectivity index is 1.30. The van der Waals surface area contributed by atoms with Gasteiger partial charge in [0, 0.05) is 6.54 Å². The molecule has 1 heteroatoms. The van der Waals surface area contributed by atoms with E-state index in [-0.39, 0.29) is 0 Å². The molecule has 0 bridgehead atoms. The highest BCUT2D eigenvalue weighted by atomic mass is 15.1. The number of hydrogen-bond donors (Lipinski definition) is 0. The van der Waals surface area contributed by atoms with E-state index in [2.05, 4.69) is 42.2 Å². The lowest BCUT2D eigenvalue weighted by atomic mass is 9.90. The van der Waals surface area contributed by atoms with Crippen LogP contribution in [0.25, 0.3) is 0 Å². The molecule has 1 heterocycles. The maximum atomic E-state index is 2.76. The summed E-state index contributed by atoms with van der Waals surface area (Å²) in [6, 6.07) is 11.0. The standard InChI is InChI=1S/C21H33N/c1-18-10-11-21(16-18)17-22-14-12-20(13-15-22)9-5-8-19-6-3-2-4-7-19/h2-4,6-7,18,20-21H,5,8-17H2,1H3/t18?,21-/m1/s1. The van der Waals surface area contributed by atoms with Crippen LogP contribution in [0.3, 0.4) is 0 Å². The Labute approximate surface area is 137 Å². The monoisotopic (exact) mass is 299 g/mol. The highest BCUT2D eigenvalue weighted by Crippen LogP contribution is 2.32. The summed E-state index contributed by atoms with van der Waals surface area (Å²) >= 11 is 0. The van der Waals surface area contributed by atoms with Crippen LogP contribution in [0.15, 0.2) is 30.3 Å². The van der Waals surface area contributed by atoms with Gasteiger partial charge in [0.2, 0.25) is 0 Å². The molecule has 2 aliphatic rings. The van der Waals surface area contributed by atoms with Gasteiger partial charge in [-0.15, -0.1) is 0 Å². The fourth-order valence-corrected chi connectivity index (χ4v) is 4.55. The van der Waals surface area contributed by atoms with Gasteiger partial charge in [-0.3, -0.25) is 0 Å². The smallest absolute Gasteiger partial charge is 0.000976 e. The molecule has 3 rings (SSSR count). The largest absolute Gasteiger partial charge is 0.303 e. The first-order valence-corrected chi connectivity index (χ1v) is 9.56. The van der Waals surface area contributed by atoms with E-state index in [1.165, 1.54) is 76.6 Å². The Hall–Kier alpha value is -0.820. The van der Waals surface area contributed by atoms with Crippen LogP contribution in [-0.4, -0.2) is 24.5 Å². The molecule has 1 aromatic rings. The summed E-state index contributed by atoms with van der Waals surface area (Å²) in [5, 5.41) is 0. The minimum atomic E-state index is 0.987. The van der Waals surface area contributed by atoms with Gasteiger partial charge >= 0.3 is 0 Å². The van der Waals surface area contributed by atoms with Gasteiger partial charge in [0.15, 0.2) is 0 Å². The van der Waals surface area contributed by atoms with Crippen LogP contribution in [0.4, 0.5) is 0 Å². The van der Waals surface area contributed by atoms with Crippen LogP contribution in [0.1, 0.15) is 57.4 Å². The van der Waals surface area contributed by atoms with Gasteiger partial charge < -0.3 is 4.90 Å². The van der Waals surface area contributed by atoms with Gasteiger partial charge in [-0.1, -0.05) is 50.1 Å². The predicted octanol–water partition coefficient (Wildman–Crippen LogP) is 5.16. The SMILES string of the molecule is CC1CC[C@@H](CN2CCC(CCCc3ccccc3)CC2)C1. The molecule has 1 aromatic carbocycles. The molecule has 0 N–H and O–H groups in total. The molecule has 122 valence electrons. The second-order valence-electron chi connectivity index (χ2n) is 7.91. The van der Waals surface area contributed by atoms with E-state index in [9.17, 15) is 0 Å². The third-order valence-electron chi connectivity index (χ3n) is 5.95. The van der Waals surface area contributed by atoms with Crippen molar-refractivity contribution in [2.45, 2.75) is 58.3 Å². The van der Waals surface area contributed by atoms with Crippen molar-refractivity contribution in [3.05, 3.63) is 35.9 Å². The summed E-state index contributed by atoms with van der Waals surface area (Å²) < 4.78 is 0. The number of nitrogens with zero attached hydrogens (tertiary/aromatic N) is 1. The molecule has 1 unspecified atom stereocenters. The number of benzene rings is 1. The van der Waals surface area contributed by atoms with Crippen LogP contribution in [-0.2, 0) is 6.42 Å². The summed E-state index contributed by atoms with van der Waals surface area (Å²) in [4.78, 5) is 2.76. The van der Waals surface area contributed by atoms with Crippen molar-refractivity contribution in [2.24, 2.45) is 17.8 Å². The van der Waals surface area contributed by atoms with Gasteiger partial charge in [0.1, 0.15) is 0 Å². The summed E-state index contributed by atoms with van der Waals surface area (Å²) in [6.45, 7) is 6.54. The van der Waals surface area contributed by atoms with Crippen LogP contribution >= 0.6 is 0 Å². The molecule has 1 saturated carbocycles. The number of likely N-dealkylation sites (tertiary alicyclic amines) is 1.